The lowest BCUT2D eigenvalue weighted by Gasteiger charge is -2.24. The molecule has 2 unspecified atom stereocenters. The zero-order valence-electron chi connectivity index (χ0n) is 11.3. The second-order valence-electron chi connectivity index (χ2n) is 4.22. The Morgan fingerprint density at radius 3 is 2.48 bits per heavy atom. The van der Waals surface area contributed by atoms with Gasteiger partial charge in [0.15, 0.2) is 17.7 Å². The first-order valence-electron chi connectivity index (χ1n) is 6.11. The van der Waals surface area contributed by atoms with Crippen LogP contribution < -0.4 is 5.32 Å². The van der Waals surface area contributed by atoms with Gasteiger partial charge in [-0.2, -0.15) is 13.2 Å². The Bertz CT molecular complexity index is 504. The van der Waals surface area contributed by atoms with E-state index in [0.717, 1.165) is 12.1 Å². The molecule has 0 heterocycles. The van der Waals surface area contributed by atoms with Gasteiger partial charge in [-0.1, -0.05) is 12.1 Å². The molecule has 0 aliphatic rings. The predicted molar refractivity (Wildman–Crippen MR) is 64.4 cm³/mol. The first-order valence-corrected chi connectivity index (χ1v) is 6.11. The first kappa shape index (κ1) is 17.4. The minimum Gasteiger partial charge on any atom is -0.369 e. The predicted octanol–water partition coefficient (Wildman–Crippen LogP) is 3.11. The summed E-state index contributed by atoms with van der Waals surface area (Å²) in [6.07, 6.45) is -6.12. The van der Waals surface area contributed by atoms with Crippen LogP contribution in [0.15, 0.2) is 18.2 Å². The van der Waals surface area contributed by atoms with Gasteiger partial charge in [0.1, 0.15) is 6.10 Å². The fourth-order valence-electron chi connectivity index (χ4n) is 1.66. The fourth-order valence-corrected chi connectivity index (χ4v) is 1.66. The number of amides is 1. The van der Waals surface area contributed by atoms with Gasteiger partial charge in [-0.15, -0.1) is 0 Å². The number of hydrogen-bond donors (Lipinski definition) is 1. The number of ether oxygens (including phenoxy) is 1. The summed E-state index contributed by atoms with van der Waals surface area (Å²) in [4.78, 5) is 11.6. The minimum atomic E-state index is -4.98. The van der Waals surface area contributed by atoms with Crippen LogP contribution in [-0.2, 0) is 9.53 Å². The van der Waals surface area contributed by atoms with Crippen molar-refractivity contribution in [1.82, 2.24) is 5.32 Å². The average Bonchev–Trinajstić information content (AvgIpc) is 2.38. The Kier molecular flexibility index (Phi) is 5.65. The van der Waals surface area contributed by atoms with Gasteiger partial charge in [-0.25, -0.2) is 8.78 Å². The van der Waals surface area contributed by atoms with E-state index in [-0.39, 0.29) is 6.61 Å². The normalized spacial score (nSPS) is 14.6. The Morgan fingerprint density at radius 2 is 1.95 bits per heavy atom. The molecule has 1 aromatic rings. The topological polar surface area (TPSA) is 38.3 Å². The molecule has 0 saturated heterocycles. The highest BCUT2D eigenvalue weighted by atomic mass is 19.4. The van der Waals surface area contributed by atoms with Crippen molar-refractivity contribution in [2.24, 2.45) is 0 Å². The summed E-state index contributed by atoms with van der Waals surface area (Å²) in [6, 6.07) is -0.257. The number of nitrogens with one attached hydrogen (secondary N) is 1. The number of benzene rings is 1. The second kappa shape index (κ2) is 6.84. The number of carbonyl (C=O) groups is 1. The van der Waals surface area contributed by atoms with Crippen LogP contribution in [-0.4, -0.2) is 24.8 Å². The lowest BCUT2D eigenvalue weighted by atomic mass is 10.0. The number of carbonyl (C=O) groups excluding carboxylic acids is 1. The van der Waals surface area contributed by atoms with Crippen LogP contribution in [0.4, 0.5) is 22.0 Å². The smallest absolute Gasteiger partial charge is 0.369 e. The van der Waals surface area contributed by atoms with Gasteiger partial charge in [-0.3, -0.25) is 4.79 Å². The van der Waals surface area contributed by atoms with Crippen molar-refractivity contribution in [3.8, 4) is 0 Å². The number of alkyl halides is 3. The van der Waals surface area contributed by atoms with Crippen LogP contribution >= 0.6 is 0 Å². The molecule has 0 aliphatic heterocycles. The molecule has 2 atom stereocenters. The maximum Gasteiger partial charge on any atom is 0.412 e. The SMILES string of the molecule is CCOC(C)C(=O)NC(c1cccc(F)c1F)C(F)(F)F. The zero-order chi connectivity index (χ0) is 16.2. The summed E-state index contributed by atoms with van der Waals surface area (Å²) >= 11 is 0. The summed E-state index contributed by atoms with van der Waals surface area (Å²) in [5.41, 5.74) is -0.987. The number of hydrogen-bond acceptors (Lipinski definition) is 2. The molecule has 1 rings (SSSR count). The van der Waals surface area contributed by atoms with Crippen molar-refractivity contribution in [3.63, 3.8) is 0 Å². The van der Waals surface area contributed by atoms with Crippen molar-refractivity contribution >= 4 is 5.91 Å². The van der Waals surface area contributed by atoms with Crippen LogP contribution in [0.3, 0.4) is 0 Å². The molecule has 0 fully saturated rings. The summed E-state index contributed by atoms with van der Waals surface area (Å²) in [7, 11) is 0. The Balaban J connectivity index is 3.08. The van der Waals surface area contributed by atoms with E-state index in [2.05, 4.69) is 0 Å². The highest BCUT2D eigenvalue weighted by Crippen LogP contribution is 2.34. The van der Waals surface area contributed by atoms with E-state index in [4.69, 9.17) is 4.74 Å². The molecule has 8 heteroatoms. The Hall–Kier alpha value is -1.70. The van der Waals surface area contributed by atoms with Crippen molar-refractivity contribution in [2.75, 3.05) is 6.61 Å². The Morgan fingerprint density at radius 1 is 1.33 bits per heavy atom. The van der Waals surface area contributed by atoms with Crippen LogP contribution in [0.5, 0.6) is 0 Å². The van der Waals surface area contributed by atoms with Crippen molar-refractivity contribution < 1.29 is 31.5 Å². The van der Waals surface area contributed by atoms with Crippen LogP contribution in [0.1, 0.15) is 25.5 Å². The van der Waals surface area contributed by atoms with Crippen LogP contribution in [0.25, 0.3) is 0 Å². The number of halogens is 5. The van der Waals surface area contributed by atoms with E-state index in [1.54, 1.807) is 12.2 Å². The van der Waals surface area contributed by atoms with Crippen molar-refractivity contribution in [1.29, 1.82) is 0 Å². The van der Waals surface area contributed by atoms with E-state index in [1.807, 2.05) is 0 Å². The van der Waals surface area contributed by atoms with Gasteiger partial charge >= 0.3 is 6.18 Å². The monoisotopic (exact) mass is 311 g/mol. The van der Waals surface area contributed by atoms with E-state index in [1.165, 1.54) is 6.92 Å². The highest BCUT2D eigenvalue weighted by Gasteiger charge is 2.44. The van der Waals surface area contributed by atoms with E-state index < -0.39 is 41.4 Å². The standard InChI is InChI=1S/C13H14F5NO2/c1-3-21-7(2)12(20)19-11(13(16,17)18)8-5-4-6-9(14)10(8)15/h4-7,11H,3H2,1-2H3,(H,19,20). The van der Waals surface area contributed by atoms with Gasteiger partial charge in [0.2, 0.25) is 5.91 Å². The molecule has 0 saturated carbocycles. The molecule has 0 radical (unpaired) electrons. The molecule has 1 N–H and O–H groups in total. The third-order valence-electron chi connectivity index (χ3n) is 2.69. The van der Waals surface area contributed by atoms with Crippen molar-refractivity contribution in [3.05, 3.63) is 35.4 Å². The molecular formula is C13H14F5NO2. The largest absolute Gasteiger partial charge is 0.412 e. The molecule has 0 spiro atoms. The number of rotatable bonds is 5. The fraction of sp³-hybridized carbons (Fsp3) is 0.462. The van der Waals surface area contributed by atoms with Gasteiger partial charge in [0.05, 0.1) is 0 Å². The Labute approximate surface area is 118 Å². The summed E-state index contributed by atoms with van der Waals surface area (Å²) < 4.78 is 70.4. The maximum absolute atomic E-state index is 13.5. The van der Waals surface area contributed by atoms with Gasteiger partial charge in [0, 0.05) is 12.2 Å². The summed E-state index contributed by atoms with van der Waals surface area (Å²) in [6.45, 7) is 2.95. The zero-order valence-corrected chi connectivity index (χ0v) is 11.3. The lowest BCUT2D eigenvalue weighted by molar-refractivity contribution is -0.167. The average molecular weight is 311 g/mol. The first-order chi connectivity index (χ1) is 9.68. The second-order valence-corrected chi connectivity index (χ2v) is 4.22. The lowest BCUT2D eigenvalue weighted by Crippen LogP contribution is -2.43. The van der Waals surface area contributed by atoms with E-state index >= 15 is 0 Å². The quantitative estimate of drug-likeness (QED) is 0.849. The molecule has 0 aromatic heterocycles. The van der Waals surface area contributed by atoms with Crippen LogP contribution in [0, 0.1) is 11.6 Å². The van der Waals surface area contributed by atoms with Gasteiger partial charge in [0.25, 0.3) is 0 Å². The van der Waals surface area contributed by atoms with Gasteiger partial charge < -0.3 is 10.1 Å². The minimum absolute atomic E-state index is 0.125. The third-order valence-corrected chi connectivity index (χ3v) is 2.69. The molecule has 0 bridgehead atoms. The molecule has 118 valence electrons. The molecule has 1 amide bonds. The molecular weight excluding hydrogens is 297 g/mol. The van der Waals surface area contributed by atoms with E-state index in [9.17, 15) is 26.7 Å². The molecule has 3 nitrogen and oxygen atoms in total. The van der Waals surface area contributed by atoms with Gasteiger partial charge in [-0.05, 0) is 19.9 Å². The summed E-state index contributed by atoms with van der Waals surface area (Å²) in [5.74, 6) is -4.14. The van der Waals surface area contributed by atoms with E-state index in [0.29, 0.717) is 6.07 Å². The summed E-state index contributed by atoms with van der Waals surface area (Å²) in [5, 5.41) is 1.63. The van der Waals surface area contributed by atoms with Crippen molar-refractivity contribution in [2.45, 2.75) is 32.2 Å². The molecule has 0 aliphatic carbocycles. The maximum atomic E-state index is 13.5. The molecule has 1 aromatic carbocycles. The van der Waals surface area contributed by atoms with Crippen LogP contribution in [0.2, 0.25) is 0 Å². The molecule has 21 heavy (non-hydrogen) atoms. The third kappa shape index (κ3) is 4.38. The highest BCUT2D eigenvalue weighted by molar-refractivity contribution is 5.80.